The first-order chi connectivity index (χ1) is 4.63. The van der Waals surface area contributed by atoms with Gasteiger partial charge in [0.15, 0.2) is 0 Å². The Kier molecular flexibility index (Phi) is 19.6. The normalized spacial score (nSPS) is 7.00. The van der Waals surface area contributed by atoms with E-state index >= 15 is 0 Å². The van der Waals surface area contributed by atoms with Crippen LogP contribution in [0.4, 0.5) is 0 Å². The van der Waals surface area contributed by atoms with Crippen LogP contribution in [-0.4, -0.2) is 21.7 Å². The molecule has 0 N–H and O–H groups in total. The van der Waals surface area contributed by atoms with Crippen molar-refractivity contribution in [3.05, 3.63) is 10.6 Å². The molecule has 0 rings (SSSR count). The fourth-order valence-corrected chi connectivity index (χ4v) is 0.648. The Morgan fingerprint density at radius 1 is 1.00 bits per heavy atom. The predicted molar refractivity (Wildman–Crippen MR) is 56.4 cm³/mol. The molecule has 0 aromatic heterocycles. The zero-order valence-corrected chi connectivity index (χ0v) is 13.4. The van der Waals surface area contributed by atoms with Gasteiger partial charge in [-0.3, -0.25) is 8.64 Å². The van der Waals surface area contributed by atoms with Gasteiger partial charge in [0.25, 0.3) is 0 Å². The second kappa shape index (κ2) is 12.4. The molecule has 8 heteroatoms. The van der Waals surface area contributed by atoms with Crippen LogP contribution in [0, 0.1) is 0 Å². The molecule has 1 radical (unpaired) electrons. The number of hydrogen-bond acceptors (Lipinski definition) is 4. The Balaban J connectivity index is -0.000000405. The van der Waals surface area contributed by atoms with Crippen LogP contribution in [0.5, 0.6) is 0 Å². The van der Waals surface area contributed by atoms with Crippen LogP contribution in [0.3, 0.4) is 0 Å². The van der Waals surface area contributed by atoms with E-state index < -0.39 is 0 Å². The molecule has 12 heavy (non-hydrogen) atoms. The largest absolute Gasteiger partial charge is 2.00 e. The Labute approximate surface area is 117 Å². The van der Waals surface area contributed by atoms with Crippen LogP contribution in [0.25, 0.3) is 10.6 Å². The van der Waals surface area contributed by atoms with Gasteiger partial charge in [0, 0.05) is 0 Å². The summed E-state index contributed by atoms with van der Waals surface area (Å²) in [6.45, 7) is 0.970. The van der Waals surface area contributed by atoms with Crippen molar-refractivity contribution in [2.75, 3.05) is 13.1 Å². The second-order valence-electron chi connectivity index (χ2n) is 1.30. The molecule has 0 aromatic carbocycles. The Morgan fingerprint density at radius 3 is 1.42 bits per heavy atom. The minimum absolute atomic E-state index is 0. The molecular formula is C4H4MnN2S4Zn. The molecule has 0 aliphatic heterocycles. The van der Waals surface area contributed by atoms with Crippen molar-refractivity contribution < 1.29 is 36.5 Å². The molecule has 0 fully saturated rings. The summed E-state index contributed by atoms with van der Waals surface area (Å²) in [4.78, 5) is 0. The maximum Gasteiger partial charge on any atom is 2.00 e. The Morgan fingerprint density at radius 2 is 1.25 bits per heavy atom. The zero-order valence-electron chi connectivity index (χ0n) is 6.03. The van der Waals surface area contributed by atoms with Gasteiger partial charge < -0.3 is 60.3 Å². The van der Waals surface area contributed by atoms with E-state index in [1.807, 2.05) is 0 Å². The van der Waals surface area contributed by atoms with Crippen LogP contribution in [0.2, 0.25) is 0 Å². The zero-order chi connectivity index (χ0) is 7.98. The van der Waals surface area contributed by atoms with Crippen LogP contribution >= 0.6 is 24.4 Å². The minimum atomic E-state index is 0. The summed E-state index contributed by atoms with van der Waals surface area (Å²) >= 11 is 18.1. The van der Waals surface area contributed by atoms with E-state index in [9.17, 15) is 0 Å². The van der Waals surface area contributed by atoms with E-state index in [1.165, 1.54) is 0 Å². The average molecular weight is 329 g/mol. The van der Waals surface area contributed by atoms with Crippen LogP contribution in [0.1, 0.15) is 0 Å². The molecule has 2 nitrogen and oxygen atoms in total. The quantitative estimate of drug-likeness (QED) is 0.339. The third-order valence-electron chi connectivity index (χ3n) is 0.582. The second-order valence-corrected chi connectivity index (χ2v) is 3.36. The first-order valence-corrected chi connectivity index (χ1v) is 4.03. The monoisotopic (exact) mass is 327 g/mol. The van der Waals surface area contributed by atoms with Crippen LogP contribution < -0.4 is 0 Å². The van der Waals surface area contributed by atoms with Gasteiger partial charge >= 0.3 is 36.5 Å². The topological polar surface area (TPSA) is 28.2 Å². The maximum absolute atomic E-state index is 4.52. The first-order valence-electron chi connectivity index (χ1n) is 2.40. The summed E-state index contributed by atoms with van der Waals surface area (Å²) in [5, 5.41) is 7.49. The number of hydrogen-bond donors (Lipinski definition) is 0. The molecular weight excluding hydrogens is 325 g/mol. The fourth-order valence-electron chi connectivity index (χ4n) is 0.283. The average Bonchev–Trinajstić information content (AvgIpc) is 1.79. The van der Waals surface area contributed by atoms with Gasteiger partial charge in [0.1, 0.15) is 0 Å². The maximum atomic E-state index is 4.52. The Hall–Kier alpha value is 1.36. The number of rotatable bonds is 3. The molecule has 63 valence electrons. The van der Waals surface area contributed by atoms with E-state index in [1.54, 1.807) is 0 Å². The molecule has 0 saturated heterocycles. The number of thiocarbonyl (C=S) groups is 2. The molecule has 0 spiro atoms. The third kappa shape index (κ3) is 17.4. The molecule has 0 aliphatic rings. The van der Waals surface area contributed by atoms with Crippen molar-refractivity contribution in [3.63, 3.8) is 0 Å². The third-order valence-corrected chi connectivity index (χ3v) is 1.10. The molecule has 0 unspecified atom stereocenters. The van der Waals surface area contributed by atoms with Crippen molar-refractivity contribution >= 4 is 58.3 Å². The van der Waals surface area contributed by atoms with Gasteiger partial charge in [-0.2, -0.15) is 0 Å². The van der Waals surface area contributed by atoms with Gasteiger partial charge in [-0.25, -0.2) is 0 Å². The van der Waals surface area contributed by atoms with Gasteiger partial charge in [0.2, 0.25) is 0 Å². The number of nitrogens with zero attached hydrogens (tertiary/aromatic N) is 2. The fraction of sp³-hybridized carbons (Fsp3) is 0.500. The smallest absolute Gasteiger partial charge is 0.702 e. The minimum Gasteiger partial charge on any atom is -0.702 e. The van der Waals surface area contributed by atoms with Gasteiger partial charge in [0.05, 0.1) is 0 Å². The van der Waals surface area contributed by atoms with Gasteiger partial charge in [-0.1, -0.05) is 0 Å². The van der Waals surface area contributed by atoms with Crippen molar-refractivity contribution in [2.45, 2.75) is 0 Å². The van der Waals surface area contributed by atoms with Gasteiger partial charge in [-0.05, 0) is 0 Å². The molecule has 0 aliphatic carbocycles. The molecule has 0 aromatic rings. The summed E-state index contributed by atoms with van der Waals surface area (Å²) in [7, 11) is 0. The van der Waals surface area contributed by atoms with Crippen LogP contribution in [-0.2, 0) is 61.8 Å². The van der Waals surface area contributed by atoms with Crippen molar-refractivity contribution in [1.82, 2.24) is 0 Å². The SMILES string of the molecule is S=C([S-])[N-]CC[N-]C(=S)[S-].[Mn+2].[Zn+2]. The van der Waals surface area contributed by atoms with Gasteiger partial charge in [-0.15, -0.1) is 13.1 Å². The summed E-state index contributed by atoms with van der Waals surface area (Å²) < 4.78 is 0.455. The van der Waals surface area contributed by atoms with E-state index in [2.05, 4.69) is 60.3 Å². The van der Waals surface area contributed by atoms with Crippen molar-refractivity contribution in [3.8, 4) is 0 Å². The summed E-state index contributed by atoms with van der Waals surface area (Å²) in [5.41, 5.74) is 0. The first kappa shape index (κ1) is 19.0. The summed E-state index contributed by atoms with van der Waals surface area (Å²) in [6, 6.07) is 0. The standard InChI is InChI=1S/C4H8N2S4.Mn.Zn/c7-3(8)5-1-2-6-4(9)10;;/h1-2H2,(H4,5,6,7,8,9,10);;/q;2*+2/p-4. The summed E-state index contributed by atoms with van der Waals surface area (Å²) in [6.07, 6.45) is 0. The van der Waals surface area contributed by atoms with Crippen molar-refractivity contribution in [2.24, 2.45) is 0 Å². The van der Waals surface area contributed by atoms with E-state index in [-0.39, 0.29) is 45.2 Å². The molecule has 0 atom stereocenters. The predicted octanol–water partition coefficient (Wildman–Crippen LogP) is 1.39. The Bertz CT molecular complexity index is 129. The van der Waals surface area contributed by atoms with E-state index in [0.717, 1.165) is 0 Å². The molecule has 0 bridgehead atoms. The van der Waals surface area contributed by atoms with E-state index in [0.29, 0.717) is 13.1 Å². The van der Waals surface area contributed by atoms with Crippen LogP contribution in [0.15, 0.2) is 0 Å². The van der Waals surface area contributed by atoms with Crippen molar-refractivity contribution in [1.29, 1.82) is 0 Å². The molecule has 0 amide bonds. The summed E-state index contributed by atoms with van der Waals surface area (Å²) in [5.74, 6) is 0. The van der Waals surface area contributed by atoms with E-state index in [4.69, 9.17) is 0 Å². The molecule has 0 saturated carbocycles. The molecule has 0 heterocycles.